The second-order valence-corrected chi connectivity index (χ2v) is 6.41. The number of hydrogen-bond acceptors (Lipinski definition) is 4. The highest BCUT2D eigenvalue weighted by Gasteiger charge is 2.24. The van der Waals surface area contributed by atoms with Gasteiger partial charge in [0, 0.05) is 13.2 Å². The monoisotopic (exact) mass is 351 g/mol. The number of hydrogen-bond donors (Lipinski definition) is 2. The number of rotatable bonds is 7. The summed E-state index contributed by atoms with van der Waals surface area (Å²) in [6, 6.07) is 9.74. The minimum absolute atomic E-state index is 0.227. The molecule has 0 aliphatic carbocycles. The van der Waals surface area contributed by atoms with Crippen LogP contribution in [0.3, 0.4) is 0 Å². The van der Waals surface area contributed by atoms with Crippen molar-refractivity contribution < 1.29 is 19.4 Å². The molecule has 5 nitrogen and oxygen atoms in total. The summed E-state index contributed by atoms with van der Waals surface area (Å²) in [7, 11) is 0. The van der Waals surface area contributed by atoms with Crippen molar-refractivity contribution in [3.63, 3.8) is 0 Å². The Kier molecular flexibility index (Phi) is 11.6. The van der Waals surface area contributed by atoms with E-state index in [1.165, 1.54) is 0 Å². The summed E-state index contributed by atoms with van der Waals surface area (Å²) in [6.45, 7) is 13.7. The Morgan fingerprint density at radius 3 is 2.28 bits per heavy atom. The molecule has 0 aliphatic rings. The van der Waals surface area contributed by atoms with E-state index in [-0.39, 0.29) is 18.8 Å². The van der Waals surface area contributed by atoms with Gasteiger partial charge in [0.15, 0.2) is 0 Å². The molecular formula is C20H33NO4. The molecule has 0 saturated heterocycles. The second-order valence-electron chi connectivity index (χ2n) is 6.41. The highest BCUT2D eigenvalue weighted by Crippen LogP contribution is 2.12. The van der Waals surface area contributed by atoms with Crippen LogP contribution in [-0.2, 0) is 15.9 Å². The molecule has 1 amide bonds. The molecule has 0 spiro atoms. The maximum atomic E-state index is 12.1. The van der Waals surface area contributed by atoms with Crippen LogP contribution < -0.4 is 5.32 Å². The number of carbonyl (C=O) groups excluding carboxylic acids is 1. The quantitative estimate of drug-likeness (QED) is 0.735. The zero-order valence-electron chi connectivity index (χ0n) is 16.1. The highest BCUT2D eigenvalue weighted by atomic mass is 16.6. The van der Waals surface area contributed by atoms with Gasteiger partial charge < -0.3 is 19.9 Å². The third-order valence-electron chi connectivity index (χ3n) is 2.99. The lowest BCUT2D eigenvalue weighted by Crippen LogP contribution is -2.47. The van der Waals surface area contributed by atoms with E-state index in [1.54, 1.807) is 13.0 Å². The number of benzene rings is 1. The molecular weight excluding hydrogens is 318 g/mol. The van der Waals surface area contributed by atoms with Gasteiger partial charge in [-0.25, -0.2) is 4.79 Å². The van der Waals surface area contributed by atoms with Gasteiger partial charge in [0.05, 0.1) is 12.1 Å². The molecule has 2 atom stereocenters. The van der Waals surface area contributed by atoms with Crippen LogP contribution in [0.2, 0.25) is 0 Å². The normalized spacial score (nSPS) is 13.0. The van der Waals surface area contributed by atoms with E-state index in [9.17, 15) is 4.79 Å². The minimum atomic E-state index is -0.531. The van der Waals surface area contributed by atoms with Crippen molar-refractivity contribution in [1.29, 1.82) is 0 Å². The van der Waals surface area contributed by atoms with Gasteiger partial charge in [0.25, 0.3) is 0 Å². The molecule has 5 heteroatoms. The number of ether oxygens (including phenoxy) is 2. The lowest BCUT2D eigenvalue weighted by atomic mass is 10.0. The summed E-state index contributed by atoms with van der Waals surface area (Å²) < 4.78 is 11.0. The van der Waals surface area contributed by atoms with Crippen LogP contribution >= 0.6 is 0 Å². The lowest BCUT2D eigenvalue weighted by Gasteiger charge is -2.27. The Morgan fingerprint density at radius 1 is 1.28 bits per heavy atom. The Hall–Kier alpha value is -1.85. The maximum absolute atomic E-state index is 12.1. The van der Waals surface area contributed by atoms with Crippen molar-refractivity contribution in [1.82, 2.24) is 5.32 Å². The fourth-order valence-corrected chi connectivity index (χ4v) is 2.12. The lowest BCUT2D eigenvalue weighted by molar-refractivity contribution is 0.0346. The van der Waals surface area contributed by atoms with Crippen LogP contribution in [0.1, 0.15) is 40.2 Å². The van der Waals surface area contributed by atoms with Crippen LogP contribution in [0.15, 0.2) is 43.0 Å². The van der Waals surface area contributed by atoms with Gasteiger partial charge in [0.2, 0.25) is 0 Å². The van der Waals surface area contributed by atoms with Gasteiger partial charge in [-0.2, -0.15) is 0 Å². The van der Waals surface area contributed by atoms with Crippen LogP contribution in [0.4, 0.5) is 4.79 Å². The molecule has 0 unspecified atom stereocenters. The zero-order chi connectivity index (χ0) is 19.3. The summed E-state index contributed by atoms with van der Waals surface area (Å²) in [4.78, 5) is 12.1. The molecule has 0 heterocycles. The van der Waals surface area contributed by atoms with Gasteiger partial charge in [-0.3, -0.25) is 0 Å². The smallest absolute Gasteiger partial charge is 0.407 e. The van der Waals surface area contributed by atoms with Gasteiger partial charge in [0.1, 0.15) is 5.60 Å². The summed E-state index contributed by atoms with van der Waals surface area (Å²) in [5.41, 5.74) is 0.589. The van der Waals surface area contributed by atoms with Gasteiger partial charge in [-0.05, 0) is 46.6 Å². The van der Waals surface area contributed by atoms with Gasteiger partial charge in [-0.1, -0.05) is 36.4 Å². The fourth-order valence-electron chi connectivity index (χ4n) is 2.12. The third kappa shape index (κ3) is 11.3. The zero-order valence-corrected chi connectivity index (χ0v) is 16.1. The topological polar surface area (TPSA) is 67.8 Å². The van der Waals surface area contributed by atoms with E-state index in [1.807, 2.05) is 58.0 Å². The van der Waals surface area contributed by atoms with Crippen LogP contribution in [0, 0.1) is 0 Å². The average molecular weight is 351 g/mol. The van der Waals surface area contributed by atoms with Crippen LogP contribution in [0.25, 0.3) is 0 Å². The first kappa shape index (κ1) is 23.1. The van der Waals surface area contributed by atoms with Crippen molar-refractivity contribution in [2.75, 3.05) is 13.2 Å². The van der Waals surface area contributed by atoms with Gasteiger partial charge >= 0.3 is 6.09 Å². The number of alkyl carbamates (subject to hydrolysis) is 1. The number of aliphatic hydroxyl groups excluding tert-OH is 1. The van der Waals surface area contributed by atoms with Crippen molar-refractivity contribution in [3.05, 3.63) is 48.6 Å². The van der Waals surface area contributed by atoms with E-state index >= 15 is 0 Å². The van der Waals surface area contributed by atoms with Crippen molar-refractivity contribution in [2.24, 2.45) is 0 Å². The molecule has 2 N–H and O–H groups in total. The molecule has 0 bridgehead atoms. The number of carbonyl (C=O) groups is 1. The predicted octanol–water partition coefficient (Wildman–Crippen LogP) is 3.71. The highest BCUT2D eigenvalue weighted by molar-refractivity contribution is 5.68. The second kappa shape index (κ2) is 12.5. The maximum Gasteiger partial charge on any atom is 0.407 e. The van der Waals surface area contributed by atoms with Crippen molar-refractivity contribution in [2.45, 2.75) is 58.8 Å². The Balaban J connectivity index is 0.00000178. The number of nitrogens with one attached hydrogen (secondary N) is 1. The molecule has 25 heavy (non-hydrogen) atoms. The van der Waals surface area contributed by atoms with Crippen LogP contribution in [0.5, 0.6) is 0 Å². The molecule has 1 rings (SSSR count). The molecule has 142 valence electrons. The molecule has 0 radical (unpaired) electrons. The van der Waals surface area contributed by atoms with Gasteiger partial charge in [-0.15, -0.1) is 6.58 Å². The standard InChI is InChI=1S/C18H27NO3.C2H6O/c1-6-16(21-7-2)15(13-14-11-9-8-10-12-14)19-17(20)22-18(3,4)5;1-2-3/h6,8-12,15-16H,1,7,13H2,2-5H3,(H,19,20);3H,2H2,1H3/t15-,16-;/m1./s1. The molecule has 0 aliphatic heterocycles. The Bertz CT molecular complexity index is 482. The molecule has 0 fully saturated rings. The first-order valence-electron chi connectivity index (χ1n) is 8.65. The van der Waals surface area contributed by atoms with E-state index in [4.69, 9.17) is 14.6 Å². The fraction of sp³-hybridized carbons (Fsp3) is 0.550. The molecule has 1 aromatic rings. The van der Waals surface area contributed by atoms with Crippen molar-refractivity contribution in [3.8, 4) is 0 Å². The summed E-state index contributed by atoms with van der Waals surface area (Å²) >= 11 is 0. The third-order valence-corrected chi connectivity index (χ3v) is 2.99. The largest absolute Gasteiger partial charge is 0.444 e. The predicted molar refractivity (Wildman–Crippen MR) is 102 cm³/mol. The summed E-state index contributed by atoms with van der Waals surface area (Å²) in [5.74, 6) is 0. The first-order chi connectivity index (χ1) is 11.8. The molecule has 0 aromatic heterocycles. The van der Waals surface area contributed by atoms with E-state index in [2.05, 4.69) is 11.9 Å². The number of aliphatic hydroxyl groups is 1. The molecule has 0 saturated carbocycles. The minimum Gasteiger partial charge on any atom is -0.444 e. The Morgan fingerprint density at radius 2 is 1.84 bits per heavy atom. The Labute approximate surface area is 152 Å². The van der Waals surface area contributed by atoms with E-state index in [0.717, 1.165) is 5.56 Å². The van der Waals surface area contributed by atoms with Crippen LogP contribution in [-0.4, -0.2) is 42.2 Å². The molecule has 1 aromatic carbocycles. The van der Waals surface area contributed by atoms with E-state index < -0.39 is 11.7 Å². The average Bonchev–Trinajstić information content (AvgIpc) is 2.52. The van der Waals surface area contributed by atoms with Crippen molar-refractivity contribution >= 4 is 6.09 Å². The number of amides is 1. The summed E-state index contributed by atoms with van der Waals surface area (Å²) in [6.07, 6.45) is 1.66. The SMILES string of the molecule is C=C[C@@H](OCC)[C@@H](Cc1ccccc1)NC(=O)OC(C)(C)C.CCO. The first-order valence-corrected chi connectivity index (χ1v) is 8.65. The summed E-state index contributed by atoms with van der Waals surface area (Å²) in [5, 5.41) is 10.5. The van der Waals surface area contributed by atoms with E-state index in [0.29, 0.717) is 13.0 Å².